The summed E-state index contributed by atoms with van der Waals surface area (Å²) in [5.74, 6) is 0. The number of hydrogen-bond donors (Lipinski definition) is 0. The summed E-state index contributed by atoms with van der Waals surface area (Å²) in [6, 6.07) is 8.64. The first kappa shape index (κ1) is 14.3. The molecule has 0 saturated carbocycles. The Labute approximate surface area is 130 Å². The standard InChI is InChI=1S/C19H21NS/c1-6-16-12(3)11(2)13(4)18(20-16)19-14(5)15-9-7-8-10-17(15)21-19/h7-10H,6H2,1-5H3. The Hall–Kier alpha value is -1.67. The van der Waals surface area contributed by atoms with Crippen LogP contribution < -0.4 is 0 Å². The smallest absolute Gasteiger partial charge is 0.0840 e. The van der Waals surface area contributed by atoms with Gasteiger partial charge < -0.3 is 0 Å². The van der Waals surface area contributed by atoms with Gasteiger partial charge in [0.05, 0.1) is 10.6 Å². The van der Waals surface area contributed by atoms with Crippen LogP contribution in [0.3, 0.4) is 0 Å². The lowest BCUT2D eigenvalue weighted by Gasteiger charge is -2.14. The van der Waals surface area contributed by atoms with Crippen molar-refractivity contribution in [3.8, 4) is 10.6 Å². The zero-order chi connectivity index (χ0) is 15.1. The van der Waals surface area contributed by atoms with Crippen molar-refractivity contribution in [2.75, 3.05) is 0 Å². The number of aromatic nitrogens is 1. The van der Waals surface area contributed by atoms with Gasteiger partial charge in [-0.1, -0.05) is 25.1 Å². The predicted molar refractivity (Wildman–Crippen MR) is 93.4 cm³/mol. The van der Waals surface area contributed by atoms with E-state index in [4.69, 9.17) is 4.98 Å². The molecule has 3 aromatic rings. The van der Waals surface area contributed by atoms with E-state index in [2.05, 4.69) is 58.9 Å². The fourth-order valence-corrected chi connectivity index (χ4v) is 4.20. The van der Waals surface area contributed by atoms with Crippen LogP contribution in [0.1, 0.15) is 34.9 Å². The number of aryl methyl sites for hydroxylation is 2. The molecule has 1 nitrogen and oxygen atoms in total. The van der Waals surface area contributed by atoms with Crippen molar-refractivity contribution in [3.05, 3.63) is 52.2 Å². The van der Waals surface area contributed by atoms with Gasteiger partial charge in [-0.15, -0.1) is 11.3 Å². The van der Waals surface area contributed by atoms with Crippen LogP contribution in [0.15, 0.2) is 24.3 Å². The highest BCUT2D eigenvalue weighted by atomic mass is 32.1. The molecule has 2 aromatic heterocycles. The van der Waals surface area contributed by atoms with Crippen molar-refractivity contribution in [1.82, 2.24) is 4.98 Å². The van der Waals surface area contributed by atoms with Gasteiger partial charge in [0.1, 0.15) is 0 Å². The highest BCUT2D eigenvalue weighted by Gasteiger charge is 2.17. The number of thiophene rings is 1. The maximum Gasteiger partial charge on any atom is 0.0840 e. The molecule has 0 radical (unpaired) electrons. The fourth-order valence-electron chi connectivity index (χ4n) is 2.94. The summed E-state index contributed by atoms with van der Waals surface area (Å²) in [4.78, 5) is 6.31. The van der Waals surface area contributed by atoms with E-state index >= 15 is 0 Å². The van der Waals surface area contributed by atoms with Crippen molar-refractivity contribution in [2.45, 2.75) is 41.0 Å². The van der Waals surface area contributed by atoms with Crippen molar-refractivity contribution in [1.29, 1.82) is 0 Å². The van der Waals surface area contributed by atoms with E-state index in [1.807, 2.05) is 11.3 Å². The Kier molecular flexibility index (Phi) is 3.58. The molecular formula is C19H21NS. The predicted octanol–water partition coefficient (Wildman–Crippen LogP) is 5.76. The number of fused-ring (bicyclic) bond motifs is 1. The maximum absolute atomic E-state index is 4.99. The molecule has 2 heteroatoms. The molecule has 2 heterocycles. The van der Waals surface area contributed by atoms with Crippen LogP contribution in [0.4, 0.5) is 0 Å². The summed E-state index contributed by atoms with van der Waals surface area (Å²) < 4.78 is 1.35. The average Bonchev–Trinajstić information content (AvgIpc) is 2.83. The molecule has 108 valence electrons. The molecule has 21 heavy (non-hydrogen) atoms. The van der Waals surface area contributed by atoms with Crippen LogP contribution in [0.2, 0.25) is 0 Å². The first-order chi connectivity index (χ1) is 10.0. The Morgan fingerprint density at radius 1 is 0.905 bits per heavy atom. The first-order valence-corrected chi connectivity index (χ1v) is 8.31. The highest BCUT2D eigenvalue weighted by Crippen LogP contribution is 2.39. The van der Waals surface area contributed by atoms with Gasteiger partial charge in [0.2, 0.25) is 0 Å². The minimum Gasteiger partial charge on any atom is -0.251 e. The van der Waals surface area contributed by atoms with Crippen LogP contribution in [-0.2, 0) is 6.42 Å². The monoisotopic (exact) mass is 295 g/mol. The lowest BCUT2D eigenvalue weighted by molar-refractivity contribution is 0.989. The van der Waals surface area contributed by atoms with Gasteiger partial charge >= 0.3 is 0 Å². The topological polar surface area (TPSA) is 12.9 Å². The quantitative estimate of drug-likeness (QED) is 0.585. The minimum absolute atomic E-state index is 0.990. The van der Waals surface area contributed by atoms with Crippen molar-refractivity contribution in [2.24, 2.45) is 0 Å². The van der Waals surface area contributed by atoms with E-state index < -0.39 is 0 Å². The van der Waals surface area contributed by atoms with Gasteiger partial charge in [0, 0.05) is 10.4 Å². The zero-order valence-electron chi connectivity index (χ0n) is 13.4. The molecule has 0 atom stereocenters. The molecule has 0 bridgehead atoms. The number of benzene rings is 1. The molecule has 3 rings (SSSR count). The second-order valence-electron chi connectivity index (χ2n) is 5.69. The van der Waals surface area contributed by atoms with Gasteiger partial charge in [-0.2, -0.15) is 0 Å². The second-order valence-corrected chi connectivity index (χ2v) is 6.74. The number of pyridine rings is 1. The average molecular weight is 295 g/mol. The van der Waals surface area contributed by atoms with Crippen molar-refractivity contribution >= 4 is 21.4 Å². The van der Waals surface area contributed by atoms with E-state index in [0.717, 1.165) is 6.42 Å². The molecule has 0 saturated heterocycles. The van der Waals surface area contributed by atoms with Gasteiger partial charge in [-0.3, -0.25) is 4.98 Å². The number of nitrogens with zero attached hydrogens (tertiary/aromatic N) is 1. The van der Waals surface area contributed by atoms with E-state index in [1.54, 1.807) is 0 Å². The lowest BCUT2D eigenvalue weighted by Crippen LogP contribution is -2.01. The van der Waals surface area contributed by atoms with Crippen LogP contribution in [0, 0.1) is 27.7 Å². The molecule has 0 aliphatic heterocycles. The van der Waals surface area contributed by atoms with Gasteiger partial charge in [0.25, 0.3) is 0 Å². The third kappa shape index (κ3) is 2.18. The highest BCUT2D eigenvalue weighted by molar-refractivity contribution is 7.22. The van der Waals surface area contributed by atoms with Crippen molar-refractivity contribution in [3.63, 3.8) is 0 Å². The minimum atomic E-state index is 0.990. The molecule has 0 aliphatic rings. The number of hydrogen-bond acceptors (Lipinski definition) is 2. The summed E-state index contributed by atoms with van der Waals surface area (Å²) in [6.07, 6.45) is 0.990. The SMILES string of the molecule is CCc1nc(-c2sc3ccccc3c2C)c(C)c(C)c1C. The van der Waals surface area contributed by atoms with Gasteiger partial charge in [-0.05, 0) is 67.8 Å². The molecule has 0 amide bonds. The third-order valence-corrected chi connectivity index (χ3v) is 5.83. The van der Waals surface area contributed by atoms with E-state index in [9.17, 15) is 0 Å². The Morgan fingerprint density at radius 3 is 2.29 bits per heavy atom. The summed E-state index contributed by atoms with van der Waals surface area (Å²) in [6.45, 7) is 11.0. The Morgan fingerprint density at radius 2 is 1.62 bits per heavy atom. The van der Waals surface area contributed by atoms with E-state index in [0.29, 0.717) is 0 Å². The molecular weight excluding hydrogens is 274 g/mol. The first-order valence-electron chi connectivity index (χ1n) is 7.49. The van der Waals surface area contributed by atoms with Crippen LogP contribution >= 0.6 is 11.3 Å². The summed E-state index contributed by atoms with van der Waals surface area (Å²) in [7, 11) is 0. The van der Waals surface area contributed by atoms with E-state index in [1.165, 1.54) is 48.6 Å². The summed E-state index contributed by atoms with van der Waals surface area (Å²) in [5.41, 5.74) is 7.81. The van der Waals surface area contributed by atoms with Crippen LogP contribution in [0.25, 0.3) is 20.7 Å². The number of rotatable bonds is 2. The Bertz CT molecular complexity index is 827. The Balaban J connectivity index is 2.32. The lowest BCUT2D eigenvalue weighted by atomic mass is 9.98. The normalized spacial score (nSPS) is 11.3. The van der Waals surface area contributed by atoms with Gasteiger partial charge in [0.15, 0.2) is 0 Å². The maximum atomic E-state index is 4.99. The molecule has 0 N–H and O–H groups in total. The molecule has 0 aliphatic carbocycles. The second kappa shape index (κ2) is 5.27. The van der Waals surface area contributed by atoms with Gasteiger partial charge in [-0.25, -0.2) is 0 Å². The third-order valence-electron chi connectivity index (χ3n) is 4.55. The van der Waals surface area contributed by atoms with Crippen LogP contribution in [-0.4, -0.2) is 4.98 Å². The molecule has 0 unspecified atom stereocenters. The molecule has 1 aromatic carbocycles. The van der Waals surface area contributed by atoms with E-state index in [-0.39, 0.29) is 0 Å². The zero-order valence-corrected chi connectivity index (χ0v) is 14.2. The summed E-state index contributed by atoms with van der Waals surface area (Å²) >= 11 is 1.86. The van der Waals surface area contributed by atoms with Crippen LogP contribution in [0.5, 0.6) is 0 Å². The fraction of sp³-hybridized carbons (Fsp3) is 0.316. The largest absolute Gasteiger partial charge is 0.251 e. The van der Waals surface area contributed by atoms with Crippen molar-refractivity contribution < 1.29 is 0 Å². The molecule has 0 fully saturated rings. The summed E-state index contributed by atoms with van der Waals surface area (Å²) in [5, 5.41) is 1.36. The molecule has 0 spiro atoms.